The average molecular weight is 260 g/mol. The third kappa shape index (κ3) is 4.13. The zero-order valence-corrected chi connectivity index (χ0v) is 13.2. The van der Waals surface area contributed by atoms with Gasteiger partial charge in [-0.15, -0.1) is 6.58 Å². The molecule has 0 spiro atoms. The molecule has 2 heterocycles. The van der Waals surface area contributed by atoms with Gasteiger partial charge in [0.2, 0.25) is 0 Å². The van der Waals surface area contributed by atoms with Crippen molar-refractivity contribution in [3.05, 3.63) is 12.2 Å². The minimum Gasteiger partial charge on any atom is -0.100 e. The molecule has 2 aliphatic heterocycles. The summed E-state index contributed by atoms with van der Waals surface area (Å²) in [5.74, 6) is 1.05. The van der Waals surface area contributed by atoms with Gasteiger partial charge >= 0.3 is 0 Å². The second-order valence-corrected chi connectivity index (χ2v) is 7.26. The summed E-state index contributed by atoms with van der Waals surface area (Å²) in [5.41, 5.74) is 1.63. The molecule has 0 saturated carbocycles. The van der Waals surface area contributed by atoms with Gasteiger partial charge in [0.25, 0.3) is 0 Å². The molecule has 0 aromatic heterocycles. The van der Waals surface area contributed by atoms with Crippen LogP contribution in [-0.4, -0.2) is 7.28 Å². The first kappa shape index (κ1) is 15.2. The van der Waals surface area contributed by atoms with Crippen LogP contribution in [0.15, 0.2) is 12.2 Å². The van der Waals surface area contributed by atoms with Crippen LogP contribution in [0.5, 0.6) is 0 Å². The number of hydrogen-bond acceptors (Lipinski definition) is 0. The average Bonchev–Trinajstić information content (AvgIpc) is 2.42. The van der Waals surface area contributed by atoms with Crippen molar-refractivity contribution < 1.29 is 0 Å². The minimum atomic E-state index is 0.588. The Balaban J connectivity index is 1.70. The van der Waals surface area contributed by atoms with Crippen molar-refractivity contribution in [1.29, 1.82) is 0 Å². The van der Waals surface area contributed by atoms with E-state index in [-0.39, 0.29) is 0 Å². The monoisotopic (exact) mass is 260 g/mol. The third-order valence-electron chi connectivity index (χ3n) is 5.80. The van der Waals surface area contributed by atoms with Crippen molar-refractivity contribution in [1.82, 2.24) is 0 Å². The zero-order chi connectivity index (χ0) is 13.6. The van der Waals surface area contributed by atoms with Gasteiger partial charge in [0, 0.05) is 0 Å². The molecule has 2 aliphatic rings. The summed E-state index contributed by atoms with van der Waals surface area (Å²) in [6, 6.07) is 0. The second kappa shape index (κ2) is 7.55. The zero-order valence-electron chi connectivity index (χ0n) is 13.2. The van der Waals surface area contributed by atoms with Gasteiger partial charge in [0.05, 0.1) is 0 Å². The van der Waals surface area contributed by atoms with Gasteiger partial charge < -0.3 is 0 Å². The van der Waals surface area contributed by atoms with Gasteiger partial charge in [-0.05, 0) is 18.2 Å². The summed E-state index contributed by atoms with van der Waals surface area (Å²) in [6.45, 7) is 6.82. The quantitative estimate of drug-likeness (QED) is 0.283. The number of hydrogen-bond donors (Lipinski definition) is 0. The van der Waals surface area contributed by atoms with E-state index in [0.29, 0.717) is 5.31 Å². The van der Waals surface area contributed by atoms with Crippen molar-refractivity contribution in [2.45, 2.75) is 102 Å². The van der Waals surface area contributed by atoms with E-state index in [1.807, 2.05) is 0 Å². The van der Waals surface area contributed by atoms with Crippen molar-refractivity contribution in [2.24, 2.45) is 0 Å². The maximum atomic E-state index is 4.52. The van der Waals surface area contributed by atoms with E-state index < -0.39 is 0 Å². The normalized spacial score (nSPS) is 29.8. The van der Waals surface area contributed by atoms with E-state index in [0.717, 1.165) is 5.82 Å². The van der Waals surface area contributed by atoms with Crippen LogP contribution in [0.3, 0.4) is 0 Å². The van der Waals surface area contributed by atoms with Gasteiger partial charge in [-0.3, -0.25) is 0 Å². The van der Waals surface area contributed by atoms with Gasteiger partial charge in [0.15, 0.2) is 0 Å². The summed E-state index contributed by atoms with van der Waals surface area (Å²) in [6.07, 6.45) is 18.7. The van der Waals surface area contributed by atoms with E-state index in [4.69, 9.17) is 0 Å². The van der Waals surface area contributed by atoms with Crippen molar-refractivity contribution in [2.75, 3.05) is 0 Å². The molecule has 0 aromatic rings. The molecule has 0 amide bonds. The summed E-state index contributed by atoms with van der Waals surface area (Å²) >= 11 is 0. The smallest absolute Gasteiger partial charge is 0.100 e. The molecule has 0 atom stereocenters. The molecule has 2 bridgehead atoms. The summed E-state index contributed by atoms with van der Waals surface area (Å²) in [4.78, 5) is 0. The number of unbranched alkanes of at least 4 members (excludes halogenated alkanes) is 5. The molecule has 0 unspecified atom stereocenters. The Labute approximate surface area is 121 Å². The van der Waals surface area contributed by atoms with E-state index in [9.17, 15) is 0 Å². The standard InChI is InChI=1S/C18H33B/c1-3-4-5-6-7-8-11-16(2)18-14-9-12-17(19-18)13-10-15-18/h17,19H,2-15H2,1H3. The Morgan fingerprint density at radius 1 is 1.05 bits per heavy atom. The topological polar surface area (TPSA) is 0 Å². The lowest BCUT2D eigenvalue weighted by Crippen LogP contribution is -2.33. The van der Waals surface area contributed by atoms with Crippen LogP contribution in [0.25, 0.3) is 0 Å². The van der Waals surface area contributed by atoms with Gasteiger partial charge in [-0.1, -0.05) is 88.9 Å². The van der Waals surface area contributed by atoms with Gasteiger partial charge in [-0.25, -0.2) is 0 Å². The predicted octanol–water partition coefficient (Wildman–Crippen LogP) is 6.04. The lowest BCUT2D eigenvalue weighted by Gasteiger charge is -2.46. The van der Waals surface area contributed by atoms with Crippen molar-refractivity contribution in [3.63, 3.8) is 0 Å². The van der Waals surface area contributed by atoms with Crippen LogP contribution in [0.1, 0.15) is 90.4 Å². The Bertz CT molecular complexity index is 271. The van der Waals surface area contributed by atoms with Crippen LogP contribution in [0.4, 0.5) is 0 Å². The van der Waals surface area contributed by atoms with Crippen molar-refractivity contribution in [3.8, 4) is 0 Å². The largest absolute Gasteiger partial charge is 0.136 e. The SMILES string of the molecule is C=C(CCCCCCCC)C12BC(CCC1)CCC2. The van der Waals surface area contributed by atoms with E-state index in [1.165, 1.54) is 90.8 Å². The highest BCUT2D eigenvalue weighted by Gasteiger charge is 2.41. The highest BCUT2D eigenvalue weighted by atomic mass is 14.4. The number of fused-ring (bicyclic) bond motifs is 2. The van der Waals surface area contributed by atoms with Gasteiger partial charge in [-0.2, -0.15) is 0 Å². The summed E-state index contributed by atoms with van der Waals surface area (Å²) < 4.78 is 0. The van der Waals surface area contributed by atoms with Gasteiger partial charge in [0.1, 0.15) is 7.28 Å². The molecular formula is C18H33B. The molecule has 2 fully saturated rings. The molecule has 0 nitrogen and oxygen atoms in total. The molecule has 0 aliphatic carbocycles. The van der Waals surface area contributed by atoms with Crippen LogP contribution in [-0.2, 0) is 0 Å². The first-order valence-electron chi connectivity index (χ1n) is 8.95. The fourth-order valence-electron chi connectivity index (χ4n) is 4.57. The first-order chi connectivity index (χ1) is 9.27. The fourth-order valence-corrected chi connectivity index (χ4v) is 4.57. The second-order valence-electron chi connectivity index (χ2n) is 7.26. The third-order valence-corrected chi connectivity index (χ3v) is 5.80. The molecule has 0 radical (unpaired) electrons. The predicted molar refractivity (Wildman–Crippen MR) is 88.4 cm³/mol. The maximum Gasteiger partial charge on any atom is 0.136 e. The molecule has 2 saturated heterocycles. The molecule has 0 N–H and O–H groups in total. The maximum absolute atomic E-state index is 4.52. The van der Waals surface area contributed by atoms with Crippen LogP contribution >= 0.6 is 0 Å². The molecule has 108 valence electrons. The highest BCUT2D eigenvalue weighted by Crippen LogP contribution is 2.56. The Morgan fingerprint density at radius 3 is 2.37 bits per heavy atom. The lowest BCUT2D eigenvalue weighted by atomic mass is 9.34. The Kier molecular flexibility index (Phi) is 6.04. The summed E-state index contributed by atoms with van der Waals surface area (Å²) in [5, 5.41) is 0.588. The molecular weight excluding hydrogens is 227 g/mol. The van der Waals surface area contributed by atoms with Crippen molar-refractivity contribution >= 4 is 7.28 Å². The van der Waals surface area contributed by atoms with E-state index in [2.05, 4.69) is 13.5 Å². The Hall–Kier alpha value is -0.195. The molecule has 1 heteroatoms. The number of rotatable bonds is 8. The van der Waals surface area contributed by atoms with E-state index in [1.54, 1.807) is 5.57 Å². The number of allylic oxidation sites excluding steroid dienone is 1. The lowest BCUT2D eigenvalue weighted by molar-refractivity contribution is 0.377. The molecule has 2 rings (SSSR count). The highest BCUT2D eigenvalue weighted by molar-refractivity contribution is 6.44. The fraction of sp³-hybridized carbons (Fsp3) is 0.889. The molecule has 19 heavy (non-hydrogen) atoms. The van der Waals surface area contributed by atoms with E-state index >= 15 is 0 Å². The van der Waals surface area contributed by atoms with Crippen LogP contribution in [0.2, 0.25) is 11.1 Å². The minimum absolute atomic E-state index is 0.588. The molecule has 0 aromatic carbocycles. The first-order valence-corrected chi connectivity index (χ1v) is 8.95. The Morgan fingerprint density at radius 2 is 1.68 bits per heavy atom. The summed E-state index contributed by atoms with van der Waals surface area (Å²) in [7, 11) is 1.49. The van der Waals surface area contributed by atoms with Crippen LogP contribution in [0, 0.1) is 0 Å². The van der Waals surface area contributed by atoms with Crippen LogP contribution < -0.4 is 0 Å².